The standard InChI is InChI=1S/C32H30N2O4/c1-2-13-33-14-12-31-27-20-8-11-25(36)29(27)38-30(31)28-23(17-32(31,37)26(33)15-20)22-16-21(35)9-10-24(22)34(28)18-19-6-4-3-5-7-19/h2-11,16,26,30,35-37H,1,12-15,17-18H2/t26-,30+,31+,32-/m1/s1. The lowest BCUT2D eigenvalue weighted by atomic mass is 9.49. The molecular weight excluding hydrogens is 476 g/mol. The van der Waals surface area contributed by atoms with Gasteiger partial charge in [-0.15, -0.1) is 6.58 Å². The third kappa shape index (κ3) is 2.55. The van der Waals surface area contributed by atoms with Crippen molar-refractivity contribution < 1.29 is 20.1 Å². The number of aromatic hydroxyl groups is 2. The minimum atomic E-state index is -1.10. The monoisotopic (exact) mass is 506 g/mol. The van der Waals surface area contributed by atoms with Crippen LogP contribution in [0.25, 0.3) is 10.9 Å². The summed E-state index contributed by atoms with van der Waals surface area (Å²) in [6, 6.07) is 19.5. The average Bonchev–Trinajstić information content (AvgIpc) is 3.40. The number of rotatable bonds is 4. The van der Waals surface area contributed by atoms with E-state index in [1.807, 2.05) is 42.5 Å². The Kier molecular flexibility index (Phi) is 4.35. The van der Waals surface area contributed by atoms with E-state index in [2.05, 4.69) is 28.2 Å². The molecule has 2 aliphatic heterocycles. The summed E-state index contributed by atoms with van der Waals surface area (Å²) in [5.74, 6) is 0.859. The number of benzene rings is 3. The van der Waals surface area contributed by atoms with E-state index in [0.29, 0.717) is 31.7 Å². The number of ether oxygens (including phenoxy) is 1. The van der Waals surface area contributed by atoms with E-state index < -0.39 is 17.1 Å². The summed E-state index contributed by atoms with van der Waals surface area (Å²) in [7, 11) is 0. The number of piperidine rings is 1. The van der Waals surface area contributed by atoms with Crippen LogP contribution in [0.3, 0.4) is 0 Å². The Balaban J connectivity index is 1.44. The Morgan fingerprint density at radius 3 is 2.74 bits per heavy atom. The number of phenols is 2. The van der Waals surface area contributed by atoms with Crippen LogP contribution in [0.4, 0.5) is 0 Å². The van der Waals surface area contributed by atoms with Crippen molar-refractivity contribution in [3.05, 3.63) is 101 Å². The van der Waals surface area contributed by atoms with E-state index in [9.17, 15) is 15.3 Å². The molecule has 0 saturated carbocycles. The lowest BCUT2D eigenvalue weighted by Crippen LogP contribution is -2.74. The van der Waals surface area contributed by atoms with E-state index in [4.69, 9.17) is 4.74 Å². The predicted octanol–water partition coefficient (Wildman–Crippen LogP) is 4.58. The Labute approximate surface area is 221 Å². The zero-order valence-corrected chi connectivity index (χ0v) is 21.1. The molecular formula is C32H30N2O4. The van der Waals surface area contributed by atoms with Gasteiger partial charge in [-0.25, -0.2) is 0 Å². The molecule has 1 saturated heterocycles. The highest BCUT2D eigenvalue weighted by Crippen LogP contribution is 2.69. The van der Waals surface area contributed by atoms with Crippen LogP contribution in [0.2, 0.25) is 0 Å². The SMILES string of the molecule is C=CCN1CC[C@]23c4c5ccc(O)c4O[C@H]2c2c(c4cc(O)ccc4n2Cc2ccccc2)C[C@@]3(O)[C@H]1C5. The van der Waals surface area contributed by atoms with Crippen LogP contribution >= 0.6 is 0 Å². The Hall–Kier alpha value is -3.74. The maximum absolute atomic E-state index is 13.0. The summed E-state index contributed by atoms with van der Waals surface area (Å²) >= 11 is 0. The first-order valence-electron chi connectivity index (χ1n) is 13.4. The van der Waals surface area contributed by atoms with E-state index in [0.717, 1.165) is 46.3 Å². The predicted molar refractivity (Wildman–Crippen MR) is 145 cm³/mol. The minimum Gasteiger partial charge on any atom is -0.508 e. The molecule has 0 unspecified atom stereocenters. The number of aliphatic hydroxyl groups is 1. The van der Waals surface area contributed by atoms with Crippen molar-refractivity contribution in [3.63, 3.8) is 0 Å². The maximum Gasteiger partial charge on any atom is 0.166 e. The summed E-state index contributed by atoms with van der Waals surface area (Å²) in [5, 5.41) is 35.4. The quantitative estimate of drug-likeness (QED) is 0.354. The second-order valence-corrected chi connectivity index (χ2v) is 11.4. The molecule has 1 aromatic heterocycles. The van der Waals surface area contributed by atoms with Gasteiger partial charge in [0.1, 0.15) is 5.75 Å². The van der Waals surface area contributed by atoms with Gasteiger partial charge in [0.2, 0.25) is 0 Å². The molecule has 8 rings (SSSR count). The van der Waals surface area contributed by atoms with Crippen molar-refractivity contribution in [2.75, 3.05) is 13.1 Å². The lowest BCUT2D eigenvalue weighted by molar-refractivity contribution is -0.171. The van der Waals surface area contributed by atoms with Gasteiger partial charge in [-0.1, -0.05) is 42.5 Å². The Bertz CT molecular complexity index is 1640. The van der Waals surface area contributed by atoms with Crippen LogP contribution in [0.5, 0.6) is 17.2 Å². The summed E-state index contributed by atoms with van der Waals surface area (Å²) in [6.07, 6.45) is 3.33. The molecule has 1 spiro atoms. The molecule has 0 amide bonds. The van der Waals surface area contributed by atoms with Crippen LogP contribution in [0, 0.1) is 0 Å². The number of hydrogen-bond donors (Lipinski definition) is 3. The van der Waals surface area contributed by atoms with Crippen LogP contribution in [-0.2, 0) is 24.8 Å². The molecule has 0 radical (unpaired) electrons. The number of nitrogens with zero attached hydrogens (tertiary/aromatic N) is 2. The van der Waals surface area contributed by atoms with E-state index in [-0.39, 0.29) is 17.5 Å². The molecule has 6 nitrogen and oxygen atoms in total. The molecule has 38 heavy (non-hydrogen) atoms. The topological polar surface area (TPSA) is 78.1 Å². The molecule has 3 N–H and O–H groups in total. The highest BCUT2D eigenvalue weighted by molar-refractivity contribution is 5.88. The highest BCUT2D eigenvalue weighted by Gasteiger charge is 2.73. The van der Waals surface area contributed by atoms with Crippen molar-refractivity contribution in [3.8, 4) is 17.2 Å². The normalized spacial score (nSPS) is 28.6. The summed E-state index contributed by atoms with van der Waals surface area (Å²) in [4.78, 5) is 2.36. The van der Waals surface area contributed by atoms with Crippen molar-refractivity contribution in [1.29, 1.82) is 0 Å². The highest BCUT2D eigenvalue weighted by atomic mass is 16.5. The van der Waals surface area contributed by atoms with E-state index in [1.54, 1.807) is 12.1 Å². The zero-order chi connectivity index (χ0) is 25.8. The molecule has 4 atom stereocenters. The largest absolute Gasteiger partial charge is 0.508 e. The minimum absolute atomic E-state index is 0.110. The molecule has 4 aromatic rings. The van der Waals surface area contributed by atoms with Gasteiger partial charge in [-0.2, -0.15) is 0 Å². The number of fused-ring (bicyclic) bond motifs is 4. The van der Waals surface area contributed by atoms with Gasteiger partial charge < -0.3 is 24.6 Å². The molecule has 2 bridgehead atoms. The first kappa shape index (κ1) is 22.3. The van der Waals surface area contributed by atoms with Crippen molar-refractivity contribution in [2.24, 2.45) is 0 Å². The van der Waals surface area contributed by atoms with Gasteiger partial charge in [0, 0.05) is 48.6 Å². The smallest absolute Gasteiger partial charge is 0.166 e. The molecule has 192 valence electrons. The van der Waals surface area contributed by atoms with Crippen LogP contribution in [0.15, 0.2) is 73.3 Å². The van der Waals surface area contributed by atoms with Gasteiger partial charge in [0.05, 0.1) is 16.7 Å². The van der Waals surface area contributed by atoms with Gasteiger partial charge in [0.25, 0.3) is 0 Å². The van der Waals surface area contributed by atoms with Crippen LogP contribution in [-0.4, -0.2) is 49.5 Å². The fourth-order valence-corrected chi connectivity index (χ4v) is 8.31. The van der Waals surface area contributed by atoms with Gasteiger partial charge in [-0.05, 0) is 53.8 Å². The Morgan fingerprint density at radius 2 is 1.92 bits per heavy atom. The van der Waals surface area contributed by atoms with E-state index in [1.165, 1.54) is 5.56 Å². The lowest BCUT2D eigenvalue weighted by Gasteiger charge is -2.62. The number of hydrogen-bond acceptors (Lipinski definition) is 5. The van der Waals surface area contributed by atoms with Crippen molar-refractivity contribution in [1.82, 2.24) is 9.47 Å². The van der Waals surface area contributed by atoms with Gasteiger partial charge >= 0.3 is 0 Å². The fraction of sp³-hybridized carbons (Fsp3) is 0.312. The van der Waals surface area contributed by atoms with Crippen LogP contribution in [0.1, 0.15) is 40.5 Å². The number of aromatic nitrogens is 1. The third-order valence-corrected chi connectivity index (χ3v) is 9.76. The molecule has 4 aliphatic rings. The van der Waals surface area contributed by atoms with Crippen molar-refractivity contribution >= 4 is 10.9 Å². The summed E-state index contributed by atoms with van der Waals surface area (Å²) in [5.41, 5.74) is 4.61. The van der Waals surface area contributed by atoms with Crippen molar-refractivity contribution in [2.45, 2.75) is 49.0 Å². The number of likely N-dealkylation sites (tertiary alicyclic amines) is 1. The molecule has 6 heteroatoms. The summed E-state index contributed by atoms with van der Waals surface area (Å²) in [6.45, 7) is 6.16. The second-order valence-electron chi connectivity index (χ2n) is 11.4. The number of phenolic OH excluding ortho intramolecular Hbond substituents is 2. The first-order valence-corrected chi connectivity index (χ1v) is 13.4. The van der Waals surface area contributed by atoms with Gasteiger partial charge in [0.15, 0.2) is 17.6 Å². The average molecular weight is 507 g/mol. The van der Waals surface area contributed by atoms with Gasteiger partial charge in [-0.3, -0.25) is 4.90 Å². The third-order valence-electron chi connectivity index (χ3n) is 9.76. The zero-order valence-electron chi connectivity index (χ0n) is 21.1. The molecule has 3 aromatic carbocycles. The fourth-order valence-electron chi connectivity index (χ4n) is 8.31. The molecule has 2 aliphatic carbocycles. The first-order chi connectivity index (χ1) is 18.5. The summed E-state index contributed by atoms with van der Waals surface area (Å²) < 4.78 is 9.11. The molecule has 1 fully saturated rings. The maximum atomic E-state index is 13.0. The van der Waals surface area contributed by atoms with Crippen LogP contribution < -0.4 is 4.74 Å². The van der Waals surface area contributed by atoms with E-state index >= 15 is 0 Å². The molecule has 3 heterocycles. The Morgan fingerprint density at radius 1 is 1.08 bits per heavy atom. The second kappa shape index (κ2) is 7.43.